The maximum absolute atomic E-state index is 11.4. The van der Waals surface area contributed by atoms with Crippen LogP contribution in [0.3, 0.4) is 0 Å². The van der Waals surface area contributed by atoms with Gasteiger partial charge in [-0.3, -0.25) is 0 Å². The lowest BCUT2D eigenvalue weighted by molar-refractivity contribution is 0.583. The summed E-state index contributed by atoms with van der Waals surface area (Å²) in [5.74, 6) is 0.873. The van der Waals surface area contributed by atoms with Crippen molar-refractivity contribution in [2.24, 2.45) is 5.92 Å². The Kier molecular flexibility index (Phi) is 3.84. The second-order valence-electron chi connectivity index (χ2n) is 4.17. The molecule has 2 heterocycles. The van der Waals surface area contributed by atoms with Gasteiger partial charge < -0.3 is 0 Å². The number of rotatable bonds is 2. The first kappa shape index (κ1) is 13.1. The molecule has 2 atom stereocenters. The lowest BCUT2D eigenvalue weighted by Crippen LogP contribution is -2.09. The van der Waals surface area contributed by atoms with Gasteiger partial charge in [0.15, 0.2) is 9.84 Å². The molecule has 6 heteroatoms. The van der Waals surface area contributed by atoms with Gasteiger partial charge >= 0.3 is 0 Å². The number of thiophene rings is 1. The monoisotopic (exact) mass is 386 g/mol. The molecule has 0 saturated carbocycles. The summed E-state index contributed by atoms with van der Waals surface area (Å²) < 4.78 is 24.0. The molecule has 2 unspecified atom stereocenters. The van der Waals surface area contributed by atoms with Crippen LogP contribution in [0.2, 0.25) is 0 Å². The lowest BCUT2D eigenvalue weighted by atomic mass is 10.0. The van der Waals surface area contributed by atoms with Gasteiger partial charge in [0.2, 0.25) is 0 Å². The van der Waals surface area contributed by atoms with E-state index in [1.54, 1.807) is 11.3 Å². The summed E-state index contributed by atoms with van der Waals surface area (Å²) in [5.41, 5.74) is 1.21. The molecular formula is C10H12Br2O2S2. The highest BCUT2D eigenvalue weighted by molar-refractivity contribution is 9.11. The Morgan fingerprint density at radius 1 is 1.56 bits per heavy atom. The smallest absolute Gasteiger partial charge is 0.150 e. The average Bonchev–Trinajstić information content (AvgIpc) is 2.70. The molecule has 2 rings (SSSR count). The van der Waals surface area contributed by atoms with Crippen molar-refractivity contribution in [1.82, 2.24) is 0 Å². The van der Waals surface area contributed by atoms with E-state index in [9.17, 15) is 8.42 Å². The van der Waals surface area contributed by atoms with Crippen molar-refractivity contribution in [1.29, 1.82) is 0 Å². The maximum Gasteiger partial charge on any atom is 0.150 e. The fraction of sp³-hybridized carbons (Fsp3) is 0.600. The van der Waals surface area contributed by atoms with Gasteiger partial charge in [0.05, 0.1) is 20.1 Å². The number of sulfone groups is 1. The maximum atomic E-state index is 11.4. The number of hydrogen-bond donors (Lipinski definition) is 0. The van der Waals surface area contributed by atoms with Gasteiger partial charge in [-0.05, 0) is 46.8 Å². The Bertz CT molecular complexity index is 473. The Morgan fingerprint density at radius 3 is 2.69 bits per heavy atom. The van der Waals surface area contributed by atoms with Gasteiger partial charge in [-0.1, -0.05) is 15.9 Å². The van der Waals surface area contributed by atoms with Gasteiger partial charge in [0.1, 0.15) is 0 Å². The van der Waals surface area contributed by atoms with E-state index in [2.05, 4.69) is 44.8 Å². The minimum absolute atomic E-state index is 0.166. The summed E-state index contributed by atoms with van der Waals surface area (Å²) in [6.07, 6.45) is 0.771. The van der Waals surface area contributed by atoms with Gasteiger partial charge in [-0.2, -0.15) is 0 Å². The number of halogens is 2. The molecule has 1 fully saturated rings. The second kappa shape index (κ2) is 4.71. The average molecular weight is 388 g/mol. The molecule has 1 aliphatic rings. The summed E-state index contributed by atoms with van der Waals surface area (Å²) >= 11 is 8.82. The van der Waals surface area contributed by atoms with Crippen LogP contribution in [0.1, 0.15) is 21.7 Å². The Balaban J connectivity index is 2.17. The zero-order valence-electron chi connectivity index (χ0n) is 8.74. The first-order valence-electron chi connectivity index (χ1n) is 4.99. The molecule has 0 aromatic carbocycles. The van der Waals surface area contributed by atoms with Crippen LogP contribution >= 0.6 is 43.2 Å². The molecule has 0 N–H and O–H groups in total. The molecule has 1 saturated heterocycles. The SMILES string of the molecule is Cc1cc(C(Br)C2CCS(=O)(=O)C2)sc1Br. The van der Waals surface area contributed by atoms with Crippen molar-refractivity contribution in [3.05, 3.63) is 20.3 Å². The predicted molar refractivity (Wildman–Crippen MR) is 75.2 cm³/mol. The minimum Gasteiger partial charge on any atom is -0.229 e. The zero-order valence-corrected chi connectivity index (χ0v) is 13.5. The van der Waals surface area contributed by atoms with Crippen molar-refractivity contribution >= 4 is 53.0 Å². The summed E-state index contributed by atoms with van der Waals surface area (Å²) in [7, 11) is -2.79. The summed E-state index contributed by atoms with van der Waals surface area (Å²) in [6.45, 7) is 2.05. The van der Waals surface area contributed by atoms with E-state index in [0.717, 1.165) is 10.2 Å². The standard InChI is InChI=1S/C10H12Br2O2S2/c1-6-4-8(15-10(6)12)9(11)7-2-3-16(13,14)5-7/h4,7,9H,2-3,5H2,1H3. The van der Waals surface area contributed by atoms with E-state index in [0.29, 0.717) is 11.5 Å². The minimum atomic E-state index is -2.79. The quantitative estimate of drug-likeness (QED) is 0.725. The molecule has 16 heavy (non-hydrogen) atoms. The van der Waals surface area contributed by atoms with Gasteiger partial charge in [-0.25, -0.2) is 8.42 Å². The van der Waals surface area contributed by atoms with Crippen LogP contribution in [-0.2, 0) is 9.84 Å². The fourth-order valence-electron chi connectivity index (χ4n) is 1.91. The first-order valence-corrected chi connectivity index (χ1v) is 9.34. The Labute approximate surface area is 117 Å². The summed E-state index contributed by atoms with van der Waals surface area (Å²) in [5, 5.41) is 0. The lowest BCUT2D eigenvalue weighted by Gasteiger charge is -2.13. The molecule has 90 valence electrons. The molecule has 1 aliphatic heterocycles. The number of hydrogen-bond acceptors (Lipinski definition) is 3. The predicted octanol–water partition coefficient (Wildman–Crippen LogP) is 3.69. The molecule has 0 amide bonds. The highest BCUT2D eigenvalue weighted by Gasteiger charge is 2.33. The van der Waals surface area contributed by atoms with Gasteiger partial charge in [0, 0.05) is 4.88 Å². The molecule has 0 radical (unpaired) electrons. The van der Waals surface area contributed by atoms with E-state index in [1.165, 1.54) is 10.4 Å². The third-order valence-electron chi connectivity index (χ3n) is 2.83. The molecule has 2 nitrogen and oxygen atoms in total. The van der Waals surface area contributed by atoms with E-state index in [-0.39, 0.29) is 10.7 Å². The summed E-state index contributed by atoms with van der Waals surface area (Å²) in [4.78, 5) is 1.38. The van der Waals surface area contributed by atoms with Crippen LogP contribution in [0.15, 0.2) is 9.85 Å². The van der Waals surface area contributed by atoms with Crippen molar-refractivity contribution in [3.63, 3.8) is 0 Å². The van der Waals surface area contributed by atoms with E-state index >= 15 is 0 Å². The number of aryl methyl sites for hydroxylation is 1. The van der Waals surface area contributed by atoms with Crippen LogP contribution < -0.4 is 0 Å². The van der Waals surface area contributed by atoms with Crippen LogP contribution in [0.5, 0.6) is 0 Å². The highest BCUT2D eigenvalue weighted by atomic mass is 79.9. The summed E-state index contributed by atoms with van der Waals surface area (Å²) in [6, 6.07) is 2.12. The topological polar surface area (TPSA) is 34.1 Å². The van der Waals surface area contributed by atoms with E-state index in [1.807, 2.05) is 0 Å². The third-order valence-corrected chi connectivity index (χ3v) is 8.39. The molecule has 0 spiro atoms. The number of alkyl halides is 1. The highest BCUT2D eigenvalue weighted by Crippen LogP contribution is 2.42. The fourth-order valence-corrected chi connectivity index (χ4v) is 6.50. The third kappa shape index (κ3) is 2.71. The van der Waals surface area contributed by atoms with Crippen molar-refractivity contribution in [3.8, 4) is 0 Å². The first-order chi connectivity index (χ1) is 7.39. The molecular weight excluding hydrogens is 376 g/mol. The second-order valence-corrected chi connectivity index (χ2v) is 9.79. The van der Waals surface area contributed by atoms with E-state index < -0.39 is 9.84 Å². The van der Waals surface area contributed by atoms with Crippen LogP contribution in [0.4, 0.5) is 0 Å². The van der Waals surface area contributed by atoms with Gasteiger partial charge in [0.25, 0.3) is 0 Å². The molecule has 1 aromatic rings. The van der Waals surface area contributed by atoms with Crippen molar-refractivity contribution < 1.29 is 8.42 Å². The van der Waals surface area contributed by atoms with Crippen LogP contribution in [0.25, 0.3) is 0 Å². The Hall–Kier alpha value is 0.610. The normalized spacial score (nSPS) is 25.8. The molecule has 0 aliphatic carbocycles. The largest absolute Gasteiger partial charge is 0.229 e. The van der Waals surface area contributed by atoms with Gasteiger partial charge in [-0.15, -0.1) is 11.3 Å². The molecule has 1 aromatic heterocycles. The van der Waals surface area contributed by atoms with Crippen molar-refractivity contribution in [2.45, 2.75) is 18.2 Å². The Morgan fingerprint density at radius 2 is 2.25 bits per heavy atom. The van der Waals surface area contributed by atoms with E-state index in [4.69, 9.17) is 0 Å². The van der Waals surface area contributed by atoms with Crippen molar-refractivity contribution in [2.75, 3.05) is 11.5 Å². The van der Waals surface area contributed by atoms with Crippen LogP contribution in [-0.4, -0.2) is 19.9 Å². The molecule has 0 bridgehead atoms. The van der Waals surface area contributed by atoms with Crippen LogP contribution in [0, 0.1) is 12.8 Å². The zero-order chi connectivity index (χ0) is 11.9.